The van der Waals surface area contributed by atoms with Gasteiger partial charge in [0.05, 0.1) is 5.75 Å². The summed E-state index contributed by atoms with van der Waals surface area (Å²) in [7, 11) is 0. The Kier molecular flexibility index (Phi) is 5.57. The second-order valence-electron chi connectivity index (χ2n) is 7.81. The number of hydrogen-bond acceptors (Lipinski definition) is 2. The molecule has 1 fully saturated rings. The maximum Gasteiger partial charge on any atom is 0.232 e. The van der Waals surface area contributed by atoms with Gasteiger partial charge in [0.1, 0.15) is 0 Å². The molecule has 0 atom stereocenters. The molecule has 0 saturated carbocycles. The monoisotopic (exact) mass is 356 g/mol. The maximum absolute atomic E-state index is 12.5. The number of benzene rings is 1. The number of rotatable bonds is 4. The first-order valence-electron chi connectivity index (χ1n) is 9.07. The fourth-order valence-corrected chi connectivity index (χ4v) is 4.09. The van der Waals surface area contributed by atoms with Crippen molar-refractivity contribution in [3.8, 4) is 0 Å². The Bertz CT molecular complexity index is 678. The van der Waals surface area contributed by atoms with E-state index in [0.29, 0.717) is 11.8 Å². The first-order valence-corrected chi connectivity index (χ1v) is 10.1. The summed E-state index contributed by atoms with van der Waals surface area (Å²) in [6.07, 6.45) is 6.34. The number of piperidine rings is 1. The van der Waals surface area contributed by atoms with Crippen molar-refractivity contribution in [2.24, 2.45) is 0 Å². The van der Waals surface area contributed by atoms with Gasteiger partial charge in [0.25, 0.3) is 0 Å². The molecule has 3 nitrogen and oxygen atoms in total. The molecular formula is C21H28N2OS. The Balaban J connectivity index is 1.47. The van der Waals surface area contributed by atoms with Crippen LogP contribution in [0.15, 0.2) is 53.7 Å². The van der Waals surface area contributed by atoms with Crippen LogP contribution in [0.3, 0.4) is 0 Å². The summed E-state index contributed by atoms with van der Waals surface area (Å²) in [5, 5.41) is 0. The predicted octanol–water partition coefficient (Wildman–Crippen LogP) is 4.74. The van der Waals surface area contributed by atoms with E-state index in [-0.39, 0.29) is 11.3 Å². The highest BCUT2D eigenvalue weighted by molar-refractivity contribution is 8.00. The quantitative estimate of drug-likeness (QED) is 0.739. The summed E-state index contributed by atoms with van der Waals surface area (Å²) >= 11 is 1.64. The Morgan fingerprint density at radius 2 is 1.68 bits per heavy atom. The minimum Gasteiger partial charge on any atom is -0.351 e. The zero-order valence-corrected chi connectivity index (χ0v) is 16.3. The first-order chi connectivity index (χ1) is 11.9. The lowest BCUT2D eigenvalue weighted by atomic mass is 9.87. The van der Waals surface area contributed by atoms with Crippen molar-refractivity contribution in [2.45, 2.75) is 50.0 Å². The van der Waals surface area contributed by atoms with Crippen LogP contribution < -0.4 is 0 Å². The second kappa shape index (κ2) is 7.69. The summed E-state index contributed by atoms with van der Waals surface area (Å²) in [6, 6.07) is 13.3. The molecule has 1 aromatic heterocycles. The molecule has 0 spiro atoms. The Morgan fingerprint density at radius 1 is 1.08 bits per heavy atom. The molecule has 0 N–H and O–H groups in total. The van der Waals surface area contributed by atoms with Crippen molar-refractivity contribution in [3.63, 3.8) is 0 Å². The minimum atomic E-state index is 0.170. The van der Waals surface area contributed by atoms with E-state index in [0.717, 1.165) is 25.9 Å². The Hall–Kier alpha value is -1.68. The number of carbonyl (C=O) groups excluding carboxylic acids is 1. The van der Waals surface area contributed by atoms with Gasteiger partial charge in [-0.25, -0.2) is 0 Å². The van der Waals surface area contributed by atoms with Crippen molar-refractivity contribution < 1.29 is 4.79 Å². The third-order valence-electron chi connectivity index (χ3n) is 4.95. The minimum absolute atomic E-state index is 0.170. The topological polar surface area (TPSA) is 25.2 Å². The number of carbonyl (C=O) groups is 1. The highest BCUT2D eigenvalue weighted by Crippen LogP contribution is 2.27. The Labute approximate surface area is 155 Å². The molecule has 1 aliphatic rings. The molecule has 0 bridgehead atoms. The van der Waals surface area contributed by atoms with Gasteiger partial charge in [-0.05, 0) is 48.1 Å². The van der Waals surface area contributed by atoms with Gasteiger partial charge in [0.15, 0.2) is 0 Å². The molecule has 0 radical (unpaired) electrons. The largest absolute Gasteiger partial charge is 0.351 e. The molecule has 0 aliphatic carbocycles. The SMILES string of the molecule is CC(C)(C)c1ccc(SCC(=O)N2CCC(n3cccc3)CC2)cc1. The number of thioether (sulfide) groups is 1. The van der Waals surface area contributed by atoms with Crippen LogP contribution in [-0.4, -0.2) is 34.2 Å². The van der Waals surface area contributed by atoms with Crippen LogP contribution >= 0.6 is 11.8 Å². The van der Waals surface area contributed by atoms with Crippen molar-refractivity contribution in [1.82, 2.24) is 9.47 Å². The number of hydrogen-bond donors (Lipinski definition) is 0. The third-order valence-corrected chi connectivity index (χ3v) is 5.95. The molecule has 1 amide bonds. The van der Waals surface area contributed by atoms with Crippen molar-refractivity contribution in [1.29, 1.82) is 0 Å². The summed E-state index contributed by atoms with van der Waals surface area (Å²) < 4.78 is 2.27. The molecule has 2 heterocycles. The van der Waals surface area contributed by atoms with Crippen LogP contribution in [-0.2, 0) is 10.2 Å². The average molecular weight is 357 g/mol. The van der Waals surface area contributed by atoms with Crippen LogP contribution in [0.5, 0.6) is 0 Å². The van der Waals surface area contributed by atoms with E-state index in [1.165, 1.54) is 10.5 Å². The number of nitrogens with zero attached hydrogens (tertiary/aromatic N) is 2. The average Bonchev–Trinajstić information content (AvgIpc) is 3.14. The zero-order chi connectivity index (χ0) is 17.9. The van der Waals surface area contributed by atoms with Crippen LogP contribution in [0, 0.1) is 0 Å². The summed E-state index contributed by atoms with van der Waals surface area (Å²) in [4.78, 5) is 15.7. The lowest BCUT2D eigenvalue weighted by molar-refractivity contribution is -0.129. The molecule has 134 valence electrons. The molecule has 2 aromatic rings. The van der Waals surface area contributed by atoms with Crippen molar-refractivity contribution in [3.05, 3.63) is 54.4 Å². The van der Waals surface area contributed by atoms with E-state index in [4.69, 9.17) is 0 Å². The Morgan fingerprint density at radius 3 is 2.24 bits per heavy atom. The van der Waals surface area contributed by atoms with Crippen molar-refractivity contribution in [2.75, 3.05) is 18.8 Å². The van der Waals surface area contributed by atoms with Gasteiger partial charge in [-0.3, -0.25) is 4.79 Å². The van der Waals surface area contributed by atoms with Crippen LogP contribution in [0.25, 0.3) is 0 Å². The van der Waals surface area contributed by atoms with Gasteiger partial charge in [0, 0.05) is 36.4 Å². The number of amides is 1. The lowest BCUT2D eigenvalue weighted by Crippen LogP contribution is -2.39. The van der Waals surface area contributed by atoms with E-state index in [9.17, 15) is 4.79 Å². The molecule has 0 unspecified atom stereocenters. The summed E-state index contributed by atoms with van der Waals surface area (Å²) in [5.41, 5.74) is 1.50. The normalized spacial score (nSPS) is 16.2. The molecule has 1 aliphatic heterocycles. The number of likely N-dealkylation sites (tertiary alicyclic amines) is 1. The van der Waals surface area contributed by atoms with Crippen LogP contribution in [0.2, 0.25) is 0 Å². The van der Waals surface area contributed by atoms with Gasteiger partial charge in [-0.2, -0.15) is 0 Å². The first kappa shape index (κ1) is 18.1. The van der Waals surface area contributed by atoms with E-state index in [2.05, 4.69) is 74.1 Å². The van der Waals surface area contributed by atoms with Gasteiger partial charge in [-0.15, -0.1) is 11.8 Å². The molecular weight excluding hydrogens is 328 g/mol. The van der Waals surface area contributed by atoms with Gasteiger partial charge in [-0.1, -0.05) is 32.9 Å². The van der Waals surface area contributed by atoms with E-state index in [1.54, 1.807) is 11.8 Å². The predicted molar refractivity (Wildman–Crippen MR) is 105 cm³/mol. The highest BCUT2D eigenvalue weighted by Gasteiger charge is 2.23. The van der Waals surface area contributed by atoms with Crippen molar-refractivity contribution >= 4 is 17.7 Å². The molecule has 3 rings (SSSR count). The standard InChI is InChI=1S/C21H28N2OS/c1-21(2,3)17-6-8-19(9-7-17)25-16-20(24)23-14-10-18(11-15-23)22-12-4-5-13-22/h4-9,12-13,18H,10-11,14-16H2,1-3H3. The van der Waals surface area contributed by atoms with Gasteiger partial charge >= 0.3 is 0 Å². The fraction of sp³-hybridized carbons (Fsp3) is 0.476. The maximum atomic E-state index is 12.5. The van der Waals surface area contributed by atoms with E-state index in [1.807, 2.05) is 4.90 Å². The van der Waals surface area contributed by atoms with Crippen LogP contribution in [0.4, 0.5) is 0 Å². The fourth-order valence-electron chi connectivity index (χ4n) is 3.29. The van der Waals surface area contributed by atoms with Crippen LogP contribution in [0.1, 0.15) is 45.2 Å². The lowest BCUT2D eigenvalue weighted by Gasteiger charge is -2.32. The molecule has 1 saturated heterocycles. The van der Waals surface area contributed by atoms with E-state index >= 15 is 0 Å². The van der Waals surface area contributed by atoms with Gasteiger partial charge < -0.3 is 9.47 Å². The zero-order valence-electron chi connectivity index (χ0n) is 15.4. The highest BCUT2D eigenvalue weighted by atomic mass is 32.2. The van der Waals surface area contributed by atoms with Gasteiger partial charge in [0.2, 0.25) is 5.91 Å². The second-order valence-corrected chi connectivity index (χ2v) is 8.85. The number of aromatic nitrogens is 1. The summed E-state index contributed by atoms with van der Waals surface area (Å²) in [5.74, 6) is 0.791. The molecule has 25 heavy (non-hydrogen) atoms. The summed E-state index contributed by atoms with van der Waals surface area (Å²) in [6.45, 7) is 8.39. The third kappa shape index (κ3) is 4.69. The smallest absolute Gasteiger partial charge is 0.232 e. The molecule has 1 aromatic carbocycles. The van der Waals surface area contributed by atoms with E-state index < -0.39 is 0 Å². The molecule has 4 heteroatoms.